The van der Waals surface area contributed by atoms with E-state index in [9.17, 15) is 59.4 Å². The molecule has 0 amide bonds. The maximum absolute atomic E-state index is 14.1. The fraction of sp³-hybridized carbons (Fsp3) is 0.384. The van der Waals surface area contributed by atoms with Crippen LogP contribution < -0.4 is 0 Å². The van der Waals surface area contributed by atoms with Gasteiger partial charge in [0.15, 0.2) is 34.7 Å². The number of carbonyl (C=O) groups excluding carboxylic acids is 6. The van der Waals surface area contributed by atoms with Crippen LogP contribution in [-0.2, 0) is 48.0 Å². The van der Waals surface area contributed by atoms with Crippen molar-refractivity contribution >= 4 is 84.5 Å². The maximum atomic E-state index is 14.1. The molecule has 9 N–H and O–H groups in total. The van der Waals surface area contributed by atoms with E-state index in [1.54, 1.807) is 65.8 Å². The highest BCUT2D eigenvalue weighted by Gasteiger charge is 2.52. The van der Waals surface area contributed by atoms with E-state index < -0.39 is 29.0 Å². The summed E-state index contributed by atoms with van der Waals surface area (Å²) >= 11 is 0. The zero-order valence-electron chi connectivity index (χ0n) is 71.2. The summed E-state index contributed by atoms with van der Waals surface area (Å²) in [6.45, 7) is 40.9. The number of aromatic nitrogens is 3. The third-order valence-electron chi connectivity index (χ3n) is 25.1. The molecular formula is C99H110N6O12. The Balaban J connectivity index is 0.000000152. The van der Waals surface area contributed by atoms with E-state index in [1.807, 2.05) is 104 Å². The minimum absolute atomic E-state index is 0.0216. The number of aromatic hydroxyl groups is 4. The number of phenols is 4. The minimum atomic E-state index is -1.74. The lowest BCUT2D eigenvalue weighted by Gasteiger charge is -2.41. The van der Waals surface area contributed by atoms with Crippen LogP contribution in [0, 0.1) is 64.2 Å². The molecule has 5 atom stereocenters. The highest BCUT2D eigenvalue weighted by molar-refractivity contribution is 6.28. The number of hydrogen-bond donors (Lipinski definition) is 9. The second-order valence-electron chi connectivity index (χ2n) is 35.0. The molecule has 608 valence electrons. The molecule has 0 saturated carbocycles. The number of aromatic amines is 3. The molecule has 15 rings (SSSR count). The second kappa shape index (κ2) is 31.7. The van der Waals surface area contributed by atoms with Gasteiger partial charge < -0.3 is 45.6 Å². The number of carbonyl (C=O) groups is 6. The van der Waals surface area contributed by atoms with Gasteiger partial charge in [-0.25, -0.2) is 0 Å². The Hall–Kier alpha value is -11.2. The zero-order chi connectivity index (χ0) is 85.1. The summed E-state index contributed by atoms with van der Waals surface area (Å²) in [7, 11) is 0. The molecule has 0 radical (unpaired) electrons. The summed E-state index contributed by atoms with van der Waals surface area (Å²) in [4.78, 5) is 106. The van der Waals surface area contributed by atoms with Gasteiger partial charge in [-0.05, 0) is 240 Å². The minimum Gasteiger partial charge on any atom is -0.508 e. The number of Topliss-reactive ketones (excluding diaryl/α,β-unsaturated/α-hetero) is 2. The fourth-order valence-electron chi connectivity index (χ4n) is 18.3. The molecule has 18 nitrogen and oxygen atoms in total. The number of allylic oxidation sites excluding steroid dienone is 11. The van der Waals surface area contributed by atoms with Crippen LogP contribution in [0.4, 0.5) is 0 Å². The molecule has 5 unspecified atom stereocenters. The van der Waals surface area contributed by atoms with E-state index >= 15 is 0 Å². The molecule has 3 aliphatic heterocycles. The van der Waals surface area contributed by atoms with E-state index in [0.717, 1.165) is 102 Å². The molecule has 0 bridgehead atoms. The third-order valence-corrected chi connectivity index (χ3v) is 25.1. The van der Waals surface area contributed by atoms with Gasteiger partial charge in [0.2, 0.25) is 0 Å². The number of aliphatic hydroxyl groups is 2. The van der Waals surface area contributed by atoms with E-state index in [2.05, 4.69) is 69.5 Å². The van der Waals surface area contributed by atoms with Crippen molar-refractivity contribution in [3.8, 4) is 23.0 Å². The maximum Gasteiger partial charge on any atom is 0.186 e. The second-order valence-corrected chi connectivity index (χ2v) is 35.0. The monoisotopic (exact) mass is 1570 g/mol. The molecule has 4 aliphatic carbocycles. The van der Waals surface area contributed by atoms with Gasteiger partial charge in [-0.15, -0.1) is 0 Å². The number of hydrogen-bond acceptors (Lipinski definition) is 15. The highest BCUT2D eigenvalue weighted by Crippen LogP contribution is 2.53. The van der Waals surface area contributed by atoms with Crippen molar-refractivity contribution in [1.82, 2.24) is 15.0 Å². The SMILES string of the molecule is CC1=C(C(C2=NCCc3c2[nH]c2cc(C)ccc32)c2c(C)c(O)cc(C(C)C)c2O)C(=O)C(C(C)C)=CC1=O.CC1=CC(=O)C(C(C)C)=CC1(O)C(C1=NCCc2c1[nH]c1cc(C)ccc21)C1=C(C)C(=O)C=C(C(C)C)C1=O.CC1=CC(=O)C(C(C)C)=CC1(O)C(C1=NCCc2c1[nH]c1cc(C)ccc21)c1c(C)c(O)cc(C(C)C)c1O. The van der Waals surface area contributed by atoms with Gasteiger partial charge in [0.1, 0.15) is 34.2 Å². The van der Waals surface area contributed by atoms with Gasteiger partial charge >= 0.3 is 0 Å². The van der Waals surface area contributed by atoms with Crippen molar-refractivity contribution in [2.75, 3.05) is 19.6 Å². The number of aryl methyl sites for hydroxylation is 3. The summed E-state index contributed by atoms with van der Waals surface area (Å²) in [5.74, 6) is -4.54. The number of rotatable bonds is 15. The zero-order valence-corrected chi connectivity index (χ0v) is 71.2. The van der Waals surface area contributed by atoms with Crippen LogP contribution >= 0.6 is 0 Å². The molecule has 8 aromatic rings. The smallest absolute Gasteiger partial charge is 0.186 e. The van der Waals surface area contributed by atoms with Gasteiger partial charge in [0, 0.05) is 119 Å². The summed E-state index contributed by atoms with van der Waals surface area (Å²) in [6.07, 6.45) is 11.3. The largest absolute Gasteiger partial charge is 0.508 e. The Morgan fingerprint density at radius 3 is 1.09 bits per heavy atom. The number of nitrogens with zero attached hydrogens (tertiary/aromatic N) is 3. The molecule has 7 aliphatic rings. The van der Waals surface area contributed by atoms with Gasteiger partial charge in [0.05, 0.1) is 52.0 Å². The average molecular weight is 1580 g/mol. The lowest BCUT2D eigenvalue weighted by Crippen LogP contribution is -2.49. The number of ketones is 6. The molecule has 5 aromatic carbocycles. The van der Waals surface area contributed by atoms with E-state index in [4.69, 9.17) is 15.0 Å². The van der Waals surface area contributed by atoms with Gasteiger partial charge in [-0.2, -0.15) is 0 Å². The first kappa shape index (κ1) is 83.7. The van der Waals surface area contributed by atoms with Crippen molar-refractivity contribution < 1.29 is 59.4 Å². The van der Waals surface area contributed by atoms with Crippen LogP contribution in [0.5, 0.6) is 23.0 Å². The van der Waals surface area contributed by atoms with Crippen molar-refractivity contribution in [3.63, 3.8) is 0 Å². The van der Waals surface area contributed by atoms with E-state index in [-0.39, 0.29) is 98.8 Å². The first-order chi connectivity index (χ1) is 55.1. The predicted molar refractivity (Wildman–Crippen MR) is 465 cm³/mol. The van der Waals surface area contributed by atoms with Crippen LogP contribution in [-0.4, -0.2) is 128 Å². The summed E-state index contributed by atoms with van der Waals surface area (Å²) in [5.41, 5.74) is 17.2. The molecule has 18 heteroatoms. The van der Waals surface area contributed by atoms with Gasteiger partial charge in [-0.1, -0.05) is 119 Å². The van der Waals surface area contributed by atoms with Crippen molar-refractivity contribution in [2.45, 2.75) is 200 Å². The Bertz CT molecular complexity index is 6000. The number of phenolic OH excluding ortho intramolecular Hbond substituents is 4. The lowest BCUT2D eigenvalue weighted by molar-refractivity contribution is -0.117. The van der Waals surface area contributed by atoms with Gasteiger partial charge in [-0.3, -0.25) is 43.7 Å². The van der Waals surface area contributed by atoms with Crippen LogP contribution in [0.1, 0.15) is 218 Å². The van der Waals surface area contributed by atoms with Crippen LogP contribution in [0.25, 0.3) is 32.7 Å². The van der Waals surface area contributed by atoms with Crippen LogP contribution in [0.15, 0.2) is 174 Å². The number of H-pyrrole nitrogens is 3. The Morgan fingerprint density at radius 1 is 0.376 bits per heavy atom. The molecule has 0 saturated heterocycles. The molecule has 0 spiro atoms. The molecule has 6 heterocycles. The third kappa shape index (κ3) is 14.6. The van der Waals surface area contributed by atoms with Crippen molar-refractivity contribution in [2.24, 2.45) is 44.6 Å². The quantitative estimate of drug-likeness (QED) is 0.0342. The van der Waals surface area contributed by atoms with Crippen molar-refractivity contribution in [1.29, 1.82) is 0 Å². The van der Waals surface area contributed by atoms with E-state index in [1.165, 1.54) is 24.3 Å². The predicted octanol–water partition coefficient (Wildman–Crippen LogP) is 18.1. The summed E-state index contributed by atoms with van der Waals surface area (Å²) in [5, 5.41) is 74.1. The molecule has 3 aromatic heterocycles. The Labute approximate surface area is 684 Å². The summed E-state index contributed by atoms with van der Waals surface area (Å²) in [6, 6.07) is 22.0. The Kier molecular flexibility index (Phi) is 22.7. The lowest BCUT2D eigenvalue weighted by atomic mass is 9.65. The highest BCUT2D eigenvalue weighted by atomic mass is 16.3. The summed E-state index contributed by atoms with van der Waals surface area (Å²) < 4.78 is 0. The standard InChI is InChI=1S/C33H38N2O4.2C33H36N2O4/c2*1-16(2)23-14-26(36)20(7)28(32(23)38)29(33(39)15-24(17(3)4)27(37)13-19(33)6)31-30-22(10-11-34-31)21-9-8-18(5)12-25(21)35-30;1-15(2)22-13-25(36)18(6)27(32(22)38)29(28-19(7)26(37)14-23(16(3)4)33(28)39)31-30-21(10-11-34-31)20-9-8-17(5)12-24(20)35-30/h8-9,12-17,29,35-36,38-39H,10-11H2,1-7H3;8-9,12-17,29,35,39H,10-11H2,1-7H3;8-9,12-16,29,35-36,38H,10-11H2,1-7H3. The topological polar surface area (TPSA) is 308 Å². The number of nitrogens with one attached hydrogen (secondary N) is 3. The average Bonchev–Trinajstić information content (AvgIpc) is 1.70. The molecule has 117 heavy (non-hydrogen) atoms. The molecule has 0 fully saturated rings. The first-order valence-electron chi connectivity index (χ1n) is 41.1. The molecular weight excluding hydrogens is 1470 g/mol. The number of aliphatic imine (C=N–C) groups is 3. The van der Waals surface area contributed by atoms with Crippen LogP contribution in [0.3, 0.4) is 0 Å². The Morgan fingerprint density at radius 2 is 0.709 bits per heavy atom. The van der Waals surface area contributed by atoms with Crippen LogP contribution in [0.2, 0.25) is 0 Å². The number of fused-ring (bicyclic) bond motifs is 9. The van der Waals surface area contributed by atoms with Crippen molar-refractivity contribution in [3.05, 3.63) is 243 Å². The van der Waals surface area contributed by atoms with Gasteiger partial charge in [0.25, 0.3) is 0 Å². The van der Waals surface area contributed by atoms with E-state index in [0.29, 0.717) is 120 Å². The first-order valence-corrected chi connectivity index (χ1v) is 41.1. The fourth-order valence-corrected chi connectivity index (χ4v) is 18.3. The normalized spacial score (nSPS) is 19.9. The number of benzene rings is 5.